The first kappa shape index (κ1) is 30.3. The molecule has 0 aromatic heterocycles. The zero-order valence-electron chi connectivity index (χ0n) is 23.9. The van der Waals surface area contributed by atoms with Crippen molar-refractivity contribution < 1.29 is 28.7 Å². The molecule has 0 aliphatic heterocycles. The van der Waals surface area contributed by atoms with Gasteiger partial charge in [-0.15, -0.1) is 0 Å². The monoisotopic (exact) mass is 546 g/mol. The second kappa shape index (κ2) is 12.3. The summed E-state index contributed by atoms with van der Waals surface area (Å²) < 4.78 is 11.3. The first-order valence-corrected chi connectivity index (χ1v) is 13.2. The first-order valence-electron chi connectivity index (χ1n) is 13.2. The molecule has 212 valence electrons. The van der Waals surface area contributed by atoms with Crippen LogP contribution in [0.4, 0.5) is 0 Å². The normalized spacial score (nSPS) is 14.1. The van der Waals surface area contributed by atoms with Crippen molar-refractivity contribution in [3.05, 3.63) is 83.9 Å². The fourth-order valence-electron chi connectivity index (χ4n) is 4.33. The molecule has 3 rings (SSSR count). The van der Waals surface area contributed by atoms with Crippen LogP contribution in [0.15, 0.2) is 72.8 Å². The molecule has 2 amide bonds. The number of esters is 2. The lowest BCUT2D eigenvalue weighted by Crippen LogP contribution is -2.56. The van der Waals surface area contributed by atoms with E-state index in [1.54, 1.807) is 71.9 Å². The third-order valence-electron chi connectivity index (χ3n) is 6.29. The van der Waals surface area contributed by atoms with Gasteiger partial charge in [-0.2, -0.15) is 0 Å². The van der Waals surface area contributed by atoms with E-state index in [4.69, 9.17) is 15.2 Å². The summed E-state index contributed by atoms with van der Waals surface area (Å²) in [7, 11) is 0. The largest absolute Gasteiger partial charge is 0.457 e. The van der Waals surface area contributed by atoms with E-state index in [2.05, 4.69) is 5.32 Å². The Kier molecular flexibility index (Phi) is 9.35. The van der Waals surface area contributed by atoms with Crippen LogP contribution < -0.4 is 11.1 Å². The van der Waals surface area contributed by atoms with Gasteiger partial charge in [0.2, 0.25) is 17.9 Å². The molecule has 3 aromatic carbocycles. The minimum absolute atomic E-state index is 0.0261. The summed E-state index contributed by atoms with van der Waals surface area (Å²) >= 11 is 0. The molecular weight excluding hydrogens is 508 g/mol. The summed E-state index contributed by atoms with van der Waals surface area (Å²) in [6.45, 7) is 10.3. The predicted molar refractivity (Wildman–Crippen MR) is 153 cm³/mol. The smallest absolute Gasteiger partial charge is 0.348 e. The molecule has 3 N–H and O–H groups in total. The Labute approximate surface area is 235 Å². The Morgan fingerprint density at radius 3 is 2.00 bits per heavy atom. The van der Waals surface area contributed by atoms with Gasteiger partial charge in [-0.25, -0.2) is 9.59 Å². The molecule has 0 radical (unpaired) electrons. The van der Waals surface area contributed by atoms with Crippen LogP contribution in [0.2, 0.25) is 0 Å². The number of nitrogens with two attached hydrogens (primary N) is 1. The lowest BCUT2D eigenvalue weighted by atomic mass is 9.85. The molecule has 0 aliphatic carbocycles. The highest BCUT2D eigenvalue weighted by Gasteiger charge is 2.42. The Morgan fingerprint density at radius 2 is 1.43 bits per heavy atom. The topological polar surface area (TPSA) is 125 Å². The van der Waals surface area contributed by atoms with Crippen LogP contribution in [-0.2, 0) is 30.3 Å². The Hall–Kier alpha value is -4.20. The van der Waals surface area contributed by atoms with Crippen molar-refractivity contribution in [2.45, 2.75) is 65.7 Å². The fourth-order valence-corrected chi connectivity index (χ4v) is 4.33. The third-order valence-corrected chi connectivity index (χ3v) is 6.29. The molecule has 0 saturated heterocycles. The lowest BCUT2D eigenvalue weighted by molar-refractivity contribution is -0.170. The molecule has 0 saturated carbocycles. The summed E-state index contributed by atoms with van der Waals surface area (Å²) in [4.78, 5) is 52.8. The standard InChI is InChI=1S/C32H38N2O6/c1-31(2,3)26(27(33)35)34-28(36)24(19-20-16-17-21-12-10-11-15-23(21)18-20)25(30(38)40-32(4,5)6)39-29(37)22-13-8-7-9-14-22/h7-18,24-26H,19H2,1-6H3,(H2,33,35)(H,34,36)/t24-,25+,26-/m1/s1. The van der Waals surface area contributed by atoms with Crippen LogP contribution in [0.5, 0.6) is 0 Å². The highest BCUT2D eigenvalue weighted by atomic mass is 16.6. The summed E-state index contributed by atoms with van der Waals surface area (Å²) in [5.41, 5.74) is 4.95. The van der Waals surface area contributed by atoms with E-state index in [1.165, 1.54) is 0 Å². The maximum Gasteiger partial charge on any atom is 0.348 e. The van der Waals surface area contributed by atoms with E-state index < -0.39 is 52.8 Å². The number of hydrogen-bond acceptors (Lipinski definition) is 6. The number of carbonyl (C=O) groups excluding carboxylic acids is 4. The average molecular weight is 547 g/mol. The third kappa shape index (κ3) is 8.15. The van der Waals surface area contributed by atoms with E-state index >= 15 is 0 Å². The molecule has 8 heteroatoms. The van der Waals surface area contributed by atoms with Gasteiger partial charge in [-0.05, 0) is 61.1 Å². The van der Waals surface area contributed by atoms with E-state index in [9.17, 15) is 19.2 Å². The van der Waals surface area contributed by atoms with Crippen LogP contribution >= 0.6 is 0 Å². The van der Waals surface area contributed by atoms with Crippen molar-refractivity contribution in [1.82, 2.24) is 5.32 Å². The van der Waals surface area contributed by atoms with Crippen molar-refractivity contribution in [2.24, 2.45) is 17.1 Å². The van der Waals surface area contributed by atoms with Gasteiger partial charge in [-0.1, -0.05) is 81.4 Å². The van der Waals surface area contributed by atoms with Gasteiger partial charge >= 0.3 is 11.9 Å². The maximum atomic E-state index is 13.9. The molecule has 0 aliphatic rings. The number of nitrogens with one attached hydrogen (secondary N) is 1. The van der Waals surface area contributed by atoms with Gasteiger partial charge in [0.25, 0.3) is 0 Å². The number of benzene rings is 3. The number of fused-ring (bicyclic) bond motifs is 1. The summed E-state index contributed by atoms with van der Waals surface area (Å²) in [6.07, 6.45) is -1.58. The lowest BCUT2D eigenvalue weighted by Gasteiger charge is -2.32. The van der Waals surface area contributed by atoms with Crippen LogP contribution in [0.1, 0.15) is 57.5 Å². The molecular formula is C32H38N2O6. The maximum absolute atomic E-state index is 13.9. The molecule has 3 atom stereocenters. The minimum atomic E-state index is -1.60. The van der Waals surface area contributed by atoms with Gasteiger partial charge in [-0.3, -0.25) is 9.59 Å². The fraction of sp³-hybridized carbons (Fsp3) is 0.375. The van der Waals surface area contributed by atoms with Crippen molar-refractivity contribution in [3.63, 3.8) is 0 Å². The Morgan fingerprint density at radius 1 is 0.825 bits per heavy atom. The molecule has 0 bridgehead atoms. The van der Waals surface area contributed by atoms with E-state index in [-0.39, 0.29) is 12.0 Å². The summed E-state index contributed by atoms with van der Waals surface area (Å²) in [5.74, 6) is -4.27. The van der Waals surface area contributed by atoms with Crippen LogP contribution in [-0.4, -0.2) is 41.5 Å². The summed E-state index contributed by atoms with van der Waals surface area (Å²) in [6, 6.07) is 20.6. The predicted octanol–water partition coefficient (Wildman–Crippen LogP) is 4.58. The van der Waals surface area contributed by atoms with Gasteiger partial charge < -0.3 is 20.5 Å². The summed E-state index contributed by atoms with van der Waals surface area (Å²) in [5, 5.41) is 4.66. The molecule has 40 heavy (non-hydrogen) atoms. The van der Waals surface area contributed by atoms with Gasteiger partial charge in [0.15, 0.2) is 0 Å². The van der Waals surface area contributed by atoms with Crippen molar-refractivity contribution in [3.8, 4) is 0 Å². The number of hydrogen-bond donors (Lipinski definition) is 2. The zero-order chi connectivity index (χ0) is 29.7. The minimum Gasteiger partial charge on any atom is -0.457 e. The van der Waals surface area contributed by atoms with Crippen LogP contribution in [0.3, 0.4) is 0 Å². The molecule has 3 aromatic rings. The van der Waals surface area contributed by atoms with Crippen molar-refractivity contribution in [1.29, 1.82) is 0 Å². The second-order valence-electron chi connectivity index (χ2n) is 11.9. The number of primary amides is 1. The van der Waals surface area contributed by atoms with E-state index in [0.717, 1.165) is 16.3 Å². The average Bonchev–Trinajstić information content (AvgIpc) is 2.87. The highest BCUT2D eigenvalue weighted by Crippen LogP contribution is 2.26. The van der Waals surface area contributed by atoms with Crippen molar-refractivity contribution in [2.75, 3.05) is 0 Å². The Balaban J connectivity index is 2.07. The van der Waals surface area contributed by atoms with Gasteiger partial charge in [0, 0.05) is 0 Å². The molecule has 0 heterocycles. The number of carbonyl (C=O) groups is 4. The SMILES string of the molecule is CC(C)(C)OC(=O)[C@@H](OC(=O)c1ccccc1)[C@@H](Cc1ccc2ccccc2c1)C(=O)N[C@H](C(N)=O)C(C)(C)C. The first-order chi connectivity index (χ1) is 18.7. The molecule has 0 unspecified atom stereocenters. The van der Waals surface area contributed by atoms with E-state index in [1.807, 2.05) is 42.5 Å². The molecule has 0 fully saturated rings. The number of rotatable bonds is 9. The molecule has 8 nitrogen and oxygen atoms in total. The zero-order valence-corrected chi connectivity index (χ0v) is 23.9. The second-order valence-corrected chi connectivity index (χ2v) is 11.9. The number of amides is 2. The highest BCUT2D eigenvalue weighted by molar-refractivity contribution is 5.95. The van der Waals surface area contributed by atoms with Gasteiger partial charge in [0.1, 0.15) is 11.6 Å². The number of ether oxygens (including phenoxy) is 2. The van der Waals surface area contributed by atoms with Crippen LogP contribution in [0.25, 0.3) is 10.8 Å². The Bertz CT molecular complexity index is 1370. The van der Waals surface area contributed by atoms with Crippen molar-refractivity contribution >= 4 is 34.5 Å². The van der Waals surface area contributed by atoms with E-state index in [0.29, 0.717) is 0 Å². The quantitative estimate of drug-likeness (QED) is 0.379. The van der Waals surface area contributed by atoms with Gasteiger partial charge in [0.05, 0.1) is 11.5 Å². The van der Waals surface area contributed by atoms with Crippen LogP contribution in [0, 0.1) is 11.3 Å². The molecule has 0 spiro atoms.